The lowest BCUT2D eigenvalue weighted by molar-refractivity contribution is -0.169. The largest absolute Gasteiger partial charge is 0.489 e. The van der Waals surface area contributed by atoms with E-state index in [-0.39, 0.29) is 19.4 Å². The highest BCUT2D eigenvalue weighted by Crippen LogP contribution is 2.40. The number of carboxylic acid groups (broad SMARTS) is 1. The number of anilines is 1. The maximum Gasteiger partial charge on any atom is 0.393 e. The molecule has 156 valence electrons. The molecule has 0 spiro atoms. The summed E-state index contributed by atoms with van der Waals surface area (Å²) in [5.41, 5.74) is 2.42. The first kappa shape index (κ1) is 21.3. The van der Waals surface area contributed by atoms with E-state index in [1.165, 1.54) is 4.90 Å². The van der Waals surface area contributed by atoms with Gasteiger partial charge in [0.25, 0.3) is 0 Å². The predicted molar refractivity (Wildman–Crippen MR) is 105 cm³/mol. The minimum atomic E-state index is -4.34. The molecule has 2 atom stereocenters. The Morgan fingerprint density at radius 2 is 1.93 bits per heavy atom. The molecule has 1 aliphatic rings. The van der Waals surface area contributed by atoms with Crippen molar-refractivity contribution in [1.82, 2.24) is 0 Å². The Balaban J connectivity index is 1.70. The summed E-state index contributed by atoms with van der Waals surface area (Å²) < 4.78 is 45.2. The molecule has 1 heterocycles. The van der Waals surface area contributed by atoms with Gasteiger partial charge in [0.15, 0.2) is 0 Å². The van der Waals surface area contributed by atoms with Crippen molar-refractivity contribution in [1.29, 1.82) is 0 Å². The minimum Gasteiger partial charge on any atom is -0.489 e. The lowest BCUT2D eigenvalue weighted by Gasteiger charge is -2.26. The van der Waals surface area contributed by atoms with Crippen LogP contribution >= 0.6 is 11.6 Å². The third kappa shape index (κ3) is 5.15. The number of carbonyl (C=O) groups is 1. The van der Waals surface area contributed by atoms with Crippen molar-refractivity contribution in [2.24, 2.45) is 5.92 Å². The molecule has 1 aliphatic heterocycles. The molecule has 1 fully saturated rings. The highest BCUT2D eigenvalue weighted by atomic mass is 35.5. The molecule has 1 saturated heterocycles. The van der Waals surface area contributed by atoms with Crippen molar-refractivity contribution in [3.63, 3.8) is 0 Å². The van der Waals surface area contributed by atoms with Gasteiger partial charge in [-0.3, -0.25) is 4.79 Å². The molecule has 0 bridgehead atoms. The number of rotatable bonds is 6. The molecule has 2 aromatic rings. The van der Waals surface area contributed by atoms with Crippen LogP contribution in [0.3, 0.4) is 0 Å². The van der Waals surface area contributed by atoms with E-state index in [1.807, 2.05) is 19.1 Å². The summed E-state index contributed by atoms with van der Waals surface area (Å²) >= 11 is 6.10. The van der Waals surface area contributed by atoms with Gasteiger partial charge in [0, 0.05) is 23.3 Å². The number of benzene rings is 2. The predicted octanol–water partition coefficient (Wildman–Crippen LogP) is 5.46. The summed E-state index contributed by atoms with van der Waals surface area (Å²) in [5, 5.41) is 9.71. The van der Waals surface area contributed by atoms with E-state index in [9.17, 15) is 18.0 Å². The Kier molecular flexibility index (Phi) is 6.27. The molecular formula is C21H21ClF3NO3. The van der Waals surface area contributed by atoms with Crippen LogP contribution in [0.5, 0.6) is 5.75 Å². The van der Waals surface area contributed by atoms with Gasteiger partial charge in [-0.15, -0.1) is 0 Å². The van der Waals surface area contributed by atoms with Crippen molar-refractivity contribution in [2.45, 2.75) is 38.6 Å². The first-order valence-corrected chi connectivity index (χ1v) is 9.55. The van der Waals surface area contributed by atoms with Crippen molar-refractivity contribution in [3.05, 3.63) is 58.6 Å². The number of carboxylic acids is 1. The van der Waals surface area contributed by atoms with E-state index >= 15 is 0 Å². The van der Waals surface area contributed by atoms with Crippen LogP contribution in [0.1, 0.15) is 24.0 Å². The molecule has 0 aliphatic carbocycles. The molecule has 2 aromatic carbocycles. The fraction of sp³-hybridized carbons (Fsp3) is 0.381. The van der Waals surface area contributed by atoms with E-state index < -0.39 is 24.1 Å². The van der Waals surface area contributed by atoms with Crippen LogP contribution in [-0.4, -0.2) is 29.8 Å². The summed E-state index contributed by atoms with van der Waals surface area (Å²) in [6, 6.07) is 11.5. The van der Waals surface area contributed by atoms with Crippen LogP contribution in [0.25, 0.3) is 0 Å². The SMILES string of the molecule is Cc1c(Cl)cccc1COc1ccc(N2CC(C(F)(F)F)CC2CC(=O)O)cc1. The third-order valence-electron chi connectivity index (χ3n) is 5.23. The molecule has 3 rings (SSSR count). The van der Waals surface area contributed by atoms with Crippen molar-refractivity contribution in [2.75, 3.05) is 11.4 Å². The monoisotopic (exact) mass is 427 g/mol. The number of aliphatic carboxylic acids is 1. The zero-order valence-electron chi connectivity index (χ0n) is 15.7. The lowest BCUT2D eigenvalue weighted by Crippen LogP contribution is -2.32. The van der Waals surface area contributed by atoms with Gasteiger partial charge in [-0.1, -0.05) is 23.7 Å². The average molecular weight is 428 g/mol. The molecule has 0 saturated carbocycles. The molecule has 1 N–H and O–H groups in total. The fourth-order valence-electron chi connectivity index (χ4n) is 3.57. The van der Waals surface area contributed by atoms with Gasteiger partial charge in [-0.25, -0.2) is 0 Å². The number of nitrogens with zero attached hydrogens (tertiary/aromatic N) is 1. The molecule has 4 nitrogen and oxygen atoms in total. The second kappa shape index (κ2) is 8.53. The Hall–Kier alpha value is -2.41. The van der Waals surface area contributed by atoms with Gasteiger partial charge in [0.1, 0.15) is 12.4 Å². The molecule has 0 radical (unpaired) electrons. The smallest absolute Gasteiger partial charge is 0.393 e. The first-order valence-electron chi connectivity index (χ1n) is 9.17. The third-order valence-corrected chi connectivity index (χ3v) is 5.64. The fourth-order valence-corrected chi connectivity index (χ4v) is 3.76. The normalized spacial score (nSPS) is 19.4. The highest BCUT2D eigenvalue weighted by Gasteiger charge is 2.47. The van der Waals surface area contributed by atoms with Gasteiger partial charge in [-0.05, 0) is 54.8 Å². The molecule has 0 aromatic heterocycles. The first-order chi connectivity index (χ1) is 13.6. The van der Waals surface area contributed by atoms with E-state index in [2.05, 4.69) is 0 Å². The zero-order chi connectivity index (χ0) is 21.2. The number of alkyl halides is 3. The minimum absolute atomic E-state index is 0.220. The molecule has 0 amide bonds. The maximum absolute atomic E-state index is 13.1. The standard InChI is InChI=1S/C21H21ClF3NO3/c1-13-14(3-2-4-19(13)22)12-29-18-7-5-16(6-8-18)26-11-15(21(23,24)25)9-17(26)10-20(27)28/h2-8,15,17H,9-12H2,1H3,(H,27,28). The summed E-state index contributed by atoms with van der Waals surface area (Å²) in [5.74, 6) is -2.08. The topological polar surface area (TPSA) is 49.8 Å². The maximum atomic E-state index is 13.1. The summed E-state index contributed by atoms with van der Waals surface area (Å²) in [4.78, 5) is 12.6. The number of hydrogen-bond acceptors (Lipinski definition) is 3. The van der Waals surface area contributed by atoms with Crippen LogP contribution in [0.2, 0.25) is 5.02 Å². The van der Waals surface area contributed by atoms with Crippen molar-refractivity contribution >= 4 is 23.3 Å². The van der Waals surface area contributed by atoms with Crippen molar-refractivity contribution < 1.29 is 27.8 Å². The van der Waals surface area contributed by atoms with Crippen LogP contribution < -0.4 is 9.64 Å². The Morgan fingerprint density at radius 1 is 1.24 bits per heavy atom. The van der Waals surface area contributed by atoms with Gasteiger partial charge in [0.2, 0.25) is 0 Å². The van der Waals surface area contributed by atoms with Crippen LogP contribution in [0.4, 0.5) is 18.9 Å². The van der Waals surface area contributed by atoms with E-state index in [4.69, 9.17) is 21.4 Å². The number of halogens is 4. The van der Waals surface area contributed by atoms with E-state index in [0.717, 1.165) is 11.1 Å². The van der Waals surface area contributed by atoms with Crippen molar-refractivity contribution in [3.8, 4) is 5.75 Å². The second-order valence-corrected chi connectivity index (χ2v) is 7.59. The van der Waals surface area contributed by atoms with E-state index in [0.29, 0.717) is 23.1 Å². The van der Waals surface area contributed by atoms with Gasteiger partial charge >= 0.3 is 12.1 Å². The molecular weight excluding hydrogens is 407 g/mol. The number of hydrogen-bond donors (Lipinski definition) is 1. The summed E-state index contributed by atoms with van der Waals surface area (Å²) in [7, 11) is 0. The van der Waals surface area contributed by atoms with Crippen LogP contribution in [-0.2, 0) is 11.4 Å². The summed E-state index contributed by atoms with van der Waals surface area (Å²) in [6.07, 6.45) is -4.90. The second-order valence-electron chi connectivity index (χ2n) is 7.18. The number of ether oxygens (including phenoxy) is 1. The van der Waals surface area contributed by atoms with Crippen LogP contribution in [0.15, 0.2) is 42.5 Å². The van der Waals surface area contributed by atoms with Gasteiger partial charge in [-0.2, -0.15) is 13.2 Å². The average Bonchev–Trinajstić information content (AvgIpc) is 3.07. The molecule has 29 heavy (non-hydrogen) atoms. The molecule has 8 heteroatoms. The highest BCUT2D eigenvalue weighted by molar-refractivity contribution is 6.31. The summed E-state index contributed by atoms with van der Waals surface area (Å²) in [6.45, 7) is 1.97. The van der Waals surface area contributed by atoms with Gasteiger partial charge < -0.3 is 14.7 Å². The quantitative estimate of drug-likeness (QED) is 0.665. The molecule has 2 unspecified atom stereocenters. The van der Waals surface area contributed by atoms with Crippen LogP contribution in [0, 0.1) is 12.8 Å². The van der Waals surface area contributed by atoms with E-state index in [1.54, 1.807) is 30.3 Å². The zero-order valence-corrected chi connectivity index (χ0v) is 16.5. The Labute approximate surface area is 171 Å². The van der Waals surface area contributed by atoms with Gasteiger partial charge in [0.05, 0.1) is 12.3 Å². The lowest BCUT2D eigenvalue weighted by atomic mass is 10.0. The Morgan fingerprint density at radius 3 is 2.55 bits per heavy atom. The Bertz CT molecular complexity index is 870.